The van der Waals surface area contributed by atoms with Gasteiger partial charge in [0.15, 0.2) is 5.11 Å². The highest BCUT2D eigenvalue weighted by molar-refractivity contribution is 7.80. The highest BCUT2D eigenvalue weighted by Crippen LogP contribution is 2.19. The Morgan fingerprint density at radius 3 is 2.35 bits per heavy atom. The van der Waals surface area contributed by atoms with Crippen LogP contribution in [0.25, 0.3) is 0 Å². The van der Waals surface area contributed by atoms with Crippen LogP contribution in [-0.2, 0) is 0 Å². The summed E-state index contributed by atoms with van der Waals surface area (Å²) < 4.78 is 0. The molecule has 0 amide bonds. The van der Waals surface area contributed by atoms with Crippen LogP contribution in [0.4, 0.5) is 11.4 Å². The molecule has 0 aliphatic carbocycles. The van der Waals surface area contributed by atoms with Crippen molar-refractivity contribution in [1.82, 2.24) is 5.32 Å². The van der Waals surface area contributed by atoms with Gasteiger partial charge in [0.05, 0.1) is 0 Å². The molecule has 2 N–H and O–H groups in total. The Balaban J connectivity index is 2.56. The van der Waals surface area contributed by atoms with E-state index in [0.29, 0.717) is 11.2 Å². The highest BCUT2D eigenvalue weighted by atomic mass is 32.1. The summed E-state index contributed by atoms with van der Waals surface area (Å²) in [5.41, 5.74) is 2.28. The Morgan fingerprint density at radius 1 is 1.20 bits per heavy atom. The van der Waals surface area contributed by atoms with E-state index in [9.17, 15) is 0 Å². The number of hydrogen-bond donors (Lipinski definition) is 2. The number of nitrogens with zero attached hydrogens (tertiary/aromatic N) is 1. The molecule has 0 spiro atoms. The van der Waals surface area contributed by atoms with E-state index in [0.717, 1.165) is 25.2 Å². The topological polar surface area (TPSA) is 27.3 Å². The van der Waals surface area contributed by atoms with E-state index in [-0.39, 0.29) is 0 Å². The van der Waals surface area contributed by atoms with Crippen molar-refractivity contribution in [3.05, 3.63) is 24.3 Å². The van der Waals surface area contributed by atoms with Crippen molar-refractivity contribution in [2.24, 2.45) is 0 Å². The van der Waals surface area contributed by atoms with Gasteiger partial charge < -0.3 is 15.5 Å². The summed E-state index contributed by atoms with van der Waals surface area (Å²) in [6.45, 7) is 10.7. The van der Waals surface area contributed by atoms with E-state index in [2.05, 4.69) is 67.5 Å². The molecule has 0 aliphatic rings. The number of thiocarbonyl (C=S) groups is 1. The van der Waals surface area contributed by atoms with Gasteiger partial charge in [-0.25, -0.2) is 0 Å². The fraction of sp³-hybridized carbons (Fsp3) is 0.562. The zero-order chi connectivity index (χ0) is 15.0. The molecule has 0 radical (unpaired) electrons. The maximum Gasteiger partial charge on any atom is 0.170 e. The molecule has 1 aromatic rings. The molecule has 1 rings (SSSR count). The van der Waals surface area contributed by atoms with Crippen molar-refractivity contribution in [2.45, 2.75) is 46.6 Å². The van der Waals surface area contributed by atoms with Gasteiger partial charge in [-0.1, -0.05) is 13.3 Å². The van der Waals surface area contributed by atoms with Crippen molar-refractivity contribution in [3.63, 3.8) is 0 Å². The minimum absolute atomic E-state index is 0.510. The molecule has 0 saturated heterocycles. The first-order valence-electron chi connectivity index (χ1n) is 7.50. The van der Waals surface area contributed by atoms with Gasteiger partial charge in [-0.3, -0.25) is 0 Å². The van der Waals surface area contributed by atoms with E-state index in [1.54, 1.807) is 0 Å². The zero-order valence-electron chi connectivity index (χ0n) is 13.1. The van der Waals surface area contributed by atoms with Crippen LogP contribution >= 0.6 is 12.2 Å². The first-order valence-corrected chi connectivity index (χ1v) is 7.90. The molecule has 0 unspecified atom stereocenters. The molecule has 0 saturated carbocycles. The predicted octanol–water partition coefficient (Wildman–Crippen LogP) is 4.01. The lowest BCUT2D eigenvalue weighted by Gasteiger charge is -2.27. The monoisotopic (exact) mass is 293 g/mol. The third kappa shape index (κ3) is 5.37. The number of benzene rings is 1. The summed E-state index contributed by atoms with van der Waals surface area (Å²) in [6.07, 6.45) is 2.31. The van der Waals surface area contributed by atoms with Crippen LogP contribution in [-0.4, -0.2) is 24.2 Å². The predicted molar refractivity (Wildman–Crippen MR) is 93.7 cm³/mol. The van der Waals surface area contributed by atoms with Crippen LogP contribution in [0.15, 0.2) is 24.3 Å². The lowest BCUT2D eigenvalue weighted by atomic mass is 10.2. The second-order valence-corrected chi connectivity index (χ2v) is 5.57. The molecule has 0 heterocycles. The molecule has 0 atom stereocenters. The average molecular weight is 293 g/mol. The average Bonchev–Trinajstić information content (AvgIpc) is 2.41. The Labute approximate surface area is 128 Å². The van der Waals surface area contributed by atoms with E-state index in [1.807, 2.05) is 0 Å². The summed E-state index contributed by atoms with van der Waals surface area (Å²) >= 11 is 5.27. The fourth-order valence-corrected chi connectivity index (χ4v) is 2.36. The zero-order valence-corrected chi connectivity index (χ0v) is 13.9. The summed E-state index contributed by atoms with van der Waals surface area (Å²) in [5, 5.41) is 7.12. The third-order valence-electron chi connectivity index (χ3n) is 3.24. The number of nitrogens with one attached hydrogen (secondary N) is 2. The standard InChI is InChI=1S/C16H27N3S/c1-5-7-12-17-16(20)18-14-8-10-15(11-9-14)19(6-2)13(3)4/h8-11,13H,5-7,12H2,1-4H3,(H2,17,18,20). The lowest BCUT2D eigenvalue weighted by Crippen LogP contribution is -2.30. The molecule has 1 aromatic carbocycles. The van der Waals surface area contributed by atoms with Gasteiger partial charge >= 0.3 is 0 Å². The van der Waals surface area contributed by atoms with E-state index in [4.69, 9.17) is 12.2 Å². The highest BCUT2D eigenvalue weighted by Gasteiger charge is 2.07. The van der Waals surface area contributed by atoms with Crippen molar-refractivity contribution >= 4 is 28.7 Å². The maximum absolute atomic E-state index is 5.27. The van der Waals surface area contributed by atoms with Gasteiger partial charge in [-0.05, 0) is 63.7 Å². The number of hydrogen-bond acceptors (Lipinski definition) is 2. The maximum atomic E-state index is 5.27. The Bertz CT molecular complexity index is 401. The molecule has 0 bridgehead atoms. The quantitative estimate of drug-likeness (QED) is 0.587. The van der Waals surface area contributed by atoms with Crippen molar-refractivity contribution in [1.29, 1.82) is 0 Å². The largest absolute Gasteiger partial charge is 0.369 e. The smallest absolute Gasteiger partial charge is 0.170 e. The number of anilines is 2. The van der Waals surface area contributed by atoms with Gasteiger partial charge in [-0.2, -0.15) is 0 Å². The van der Waals surface area contributed by atoms with Gasteiger partial charge in [0, 0.05) is 30.5 Å². The van der Waals surface area contributed by atoms with E-state index in [1.165, 1.54) is 12.1 Å². The van der Waals surface area contributed by atoms with Crippen LogP contribution < -0.4 is 15.5 Å². The van der Waals surface area contributed by atoms with Crippen LogP contribution in [0, 0.1) is 0 Å². The molecular formula is C16H27N3S. The number of unbranched alkanes of at least 4 members (excludes halogenated alkanes) is 1. The van der Waals surface area contributed by atoms with Gasteiger partial charge in [-0.15, -0.1) is 0 Å². The van der Waals surface area contributed by atoms with Crippen molar-refractivity contribution in [2.75, 3.05) is 23.3 Å². The molecule has 20 heavy (non-hydrogen) atoms. The summed E-state index contributed by atoms with van der Waals surface area (Å²) in [4.78, 5) is 2.36. The summed E-state index contributed by atoms with van der Waals surface area (Å²) in [5.74, 6) is 0. The SMILES string of the molecule is CCCCNC(=S)Nc1ccc(N(CC)C(C)C)cc1. The van der Waals surface area contributed by atoms with Gasteiger partial charge in [0.25, 0.3) is 0 Å². The molecule has 112 valence electrons. The van der Waals surface area contributed by atoms with E-state index >= 15 is 0 Å². The molecule has 0 fully saturated rings. The molecule has 4 heteroatoms. The normalized spacial score (nSPS) is 10.4. The van der Waals surface area contributed by atoms with Crippen LogP contribution in [0.5, 0.6) is 0 Å². The first kappa shape index (κ1) is 16.8. The Morgan fingerprint density at radius 2 is 1.85 bits per heavy atom. The summed E-state index contributed by atoms with van der Waals surface area (Å²) in [6, 6.07) is 8.94. The van der Waals surface area contributed by atoms with Crippen molar-refractivity contribution < 1.29 is 0 Å². The Hall–Kier alpha value is -1.29. The van der Waals surface area contributed by atoms with Crippen LogP contribution in [0.2, 0.25) is 0 Å². The van der Waals surface area contributed by atoms with Crippen LogP contribution in [0.3, 0.4) is 0 Å². The second-order valence-electron chi connectivity index (χ2n) is 5.16. The number of rotatable bonds is 7. The van der Waals surface area contributed by atoms with E-state index < -0.39 is 0 Å². The fourth-order valence-electron chi connectivity index (χ4n) is 2.14. The molecule has 0 aromatic heterocycles. The molecule has 3 nitrogen and oxygen atoms in total. The molecule has 0 aliphatic heterocycles. The van der Waals surface area contributed by atoms with Gasteiger partial charge in [0.1, 0.15) is 0 Å². The minimum atomic E-state index is 0.510. The van der Waals surface area contributed by atoms with Crippen LogP contribution in [0.1, 0.15) is 40.5 Å². The lowest BCUT2D eigenvalue weighted by molar-refractivity contribution is 0.704. The second kappa shape index (κ2) is 8.80. The third-order valence-corrected chi connectivity index (χ3v) is 3.48. The first-order chi connectivity index (χ1) is 9.58. The minimum Gasteiger partial charge on any atom is -0.369 e. The van der Waals surface area contributed by atoms with Crippen molar-refractivity contribution in [3.8, 4) is 0 Å². The Kier molecular flexibility index (Phi) is 7.37. The molecular weight excluding hydrogens is 266 g/mol. The summed E-state index contributed by atoms with van der Waals surface area (Å²) in [7, 11) is 0. The van der Waals surface area contributed by atoms with Gasteiger partial charge in [0.2, 0.25) is 0 Å².